The predicted molar refractivity (Wildman–Crippen MR) is 231 cm³/mol. The summed E-state index contributed by atoms with van der Waals surface area (Å²) in [5, 5.41) is 4.58. The maximum absolute atomic E-state index is 5.14. The Kier molecular flexibility index (Phi) is 8.59. The van der Waals surface area contributed by atoms with Gasteiger partial charge in [-0.25, -0.2) is 15.0 Å². The lowest BCUT2D eigenvalue weighted by Crippen LogP contribution is -2.26. The predicted octanol–water partition coefficient (Wildman–Crippen LogP) is 10.8. The molecule has 1 N–H and O–H groups in total. The number of allylic oxidation sites excluding steroid dienone is 8. The van der Waals surface area contributed by atoms with Crippen LogP contribution in [0.15, 0.2) is 151 Å². The number of aromatic nitrogens is 4. The summed E-state index contributed by atoms with van der Waals surface area (Å²) < 4.78 is 2.46. The first-order valence-electron chi connectivity index (χ1n) is 19.7. The third-order valence-corrected chi connectivity index (χ3v) is 11.5. The van der Waals surface area contributed by atoms with Crippen LogP contribution in [0.1, 0.15) is 60.5 Å². The highest BCUT2D eigenvalue weighted by atomic mass is 15.1. The van der Waals surface area contributed by atoms with Gasteiger partial charge in [0.25, 0.3) is 0 Å². The van der Waals surface area contributed by atoms with Gasteiger partial charge in [-0.3, -0.25) is 4.99 Å². The molecule has 0 fully saturated rings. The topological polar surface area (TPSA) is 68.0 Å². The quantitative estimate of drug-likeness (QED) is 0.178. The first-order chi connectivity index (χ1) is 27.6. The van der Waals surface area contributed by atoms with E-state index in [1.807, 2.05) is 24.6 Å². The van der Waals surface area contributed by atoms with E-state index in [1.165, 1.54) is 55.6 Å². The Bertz CT molecular complexity index is 2720. The van der Waals surface area contributed by atoms with Crippen molar-refractivity contribution in [1.82, 2.24) is 24.8 Å². The van der Waals surface area contributed by atoms with Crippen LogP contribution in [0.5, 0.6) is 0 Å². The van der Waals surface area contributed by atoms with Gasteiger partial charge in [0.1, 0.15) is 5.82 Å². The Morgan fingerprint density at radius 3 is 2.27 bits per heavy atom. The summed E-state index contributed by atoms with van der Waals surface area (Å²) in [6.07, 6.45) is 25.3. The van der Waals surface area contributed by atoms with E-state index in [2.05, 4.69) is 155 Å². The molecule has 6 nitrogen and oxygen atoms in total. The molecule has 4 aromatic carbocycles. The molecule has 6 aromatic rings. The van der Waals surface area contributed by atoms with Gasteiger partial charge in [-0.1, -0.05) is 103 Å². The fourth-order valence-corrected chi connectivity index (χ4v) is 8.33. The van der Waals surface area contributed by atoms with Crippen molar-refractivity contribution in [2.45, 2.75) is 38.0 Å². The fourth-order valence-electron chi connectivity index (χ4n) is 8.33. The molecule has 1 unspecified atom stereocenters. The van der Waals surface area contributed by atoms with Crippen molar-refractivity contribution < 1.29 is 0 Å². The summed E-state index contributed by atoms with van der Waals surface area (Å²) in [5.74, 6) is 2.23. The molecule has 0 amide bonds. The number of nitrogens with one attached hydrogen (secondary N) is 1. The number of para-hydroxylation sites is 1. The largest absolute Gasteiger partial charge is 0.387 e. The van der Waals surface area contributed by atoms with Crippen LogP contribution >= 0.6 is 0 Å². The Labute approximate surface area is 327 Å². The average molecular weight is 727 g/mol. The zero-order valence-electron chi connectivity index (χ0n) is 31.5. The van der Waals surface area contributed by atoms with E-state index in [-0.39, 0.29) is 0 Å². The Morgan fingerprint density at radius 1 is 0.696 bits per heavy atom. The highest BCUT2D eigenvalue weighted by Gasteiger charge is 2.31. The van der Waals surface area contributed by atoms with Crippen molar-refractivity contribution in [2.75, 3.05) is 13.1 Å². The van der Waals surface area contributed by atoms with Gasteiger partial charge in [-0.15, -0.1) is 0 Å². The smallest absolute Gasteiger partial charge is 0.163 e. The molecule has 1 atom stereocenters. The maximum atomic E-state index is 5.14. The molecular formula is C50H42N6. The number of hydrogen-bond donors (Lipinski definition) is 1. The van der Waals surface area contributed by atoms with Crippen LogP contribution in [-0.4, -0.2) is 38.8 Å². The third kappa shape index (κ3) is 6.27. The molecule has 4 heterocycles. The zero-order chi connectivity index (χ0) is 37.5. The normalized spacial score (nSPS) is 18.6. The SMILES string of the molecule is CC1(c2nc(C3=CCNC=C3)nc(C3=CC=NCC3)n2)C=CC(c2cc(-c3ccc(-c4ccccc4)cc3)cc(-n3c4c(c5ccccc53)CCC=C4)c2)=CC1. The van der Waals surface area contributed by atoms with Gasteiger partial charge in [-0.2, -0.15) is 0 Å². The Morgan fingerprint density at radius 2 is 1.48 bits per heavy atom. The summed E-state index contributed by atoms with van der Waals surface area (Å²) >= 11 is 0. The second kappa shape index (κ2) is 14.2. The molecule has 272 valence electrons. The van der Waals surface area contributed by atoms with Crippen molar-refractivity contribution >= 4 is 39.9 Å². The van der Waals surface area contributed by atoms with E-state index < -0.39 is 5.41 Å². The number of hydrogen-bond acceptors (Lipinski definition) is 5. The monoisotopic (exact) mass is 726 g/mol. The highest BCUT2D eigenvalue weighted by Crippen LogP contribution is 2.40. The van der Waals surface area contributed by atoms with Gasteiger partial charge in [-0.05, 0) is 120 Å². The summed E-state index contributed by atoms with van der Waals surface area (Å²) in [5.41, 5.74) is 14.0. The number of benzene rings is 4. The van der Waals surface area contributed by atoms with Gasteiger partial charge >= 0.3 is 0 Å². The lowest BCUT2D eigenvalue weighted by Gasteiger charge is -2.28. The molecular weight excluding hydrogens is 685 g/mol. The molecule has 6 heteroatoms. The van der Waals surface area contributed by atoms with Crippen LogP contribution in [0, 0.1) is 0 Å². The van der Waals surface area contributed by atoms with Crippen molar-refractivity contribution in [3.05, 3.63) is 180 Å². The summed E-state index contributed by atoms with van der Waals surface area (Å²) in [7, 11) is 0. The molecule has 0 saturated heterocycles. The molecule has 2 aliphatic heterocycles. The van der Waals surface area contributed by atoms with Crippen LogP contribution in [0.4, 0.5) is 0 Å². The molecule has 2 aromatic heterocycles. The second-order valence-electron chi connectivity index (χ2n) is 15.2. The molecule has 0 saturated carbocycles. The lowest BCUT2D eigenvalue weighted by molar-refractivity contribution is 0.550. The third-order valence-electron chi connectivity index (χ3n) is 11.5. The summed E-state index contributed by atoms with van der Waals surface area (Å²) in [6.45, 7) is 3.73. The van der Waals surface area contributed by atoms with Gasteiger partial charge < -0.3 is 9.88 Å². The highest BCUT2D eigenvalue weighted by molar-refractivity contribution is 5.92. The molecule has 56 heavy (non-hydrogen) atoms. The van der Waals surface area contributed by atoms with Gasteiger partial charge in [0.2, 0.25) is 0 Å². The van der Waals surface area contributed by atoms with Gasteiger partial charge in [0.15, 0.2) is 11.6 Å². The van der Waals surface area contributed by atoms with Crippen LogP contribution in [-0.2, 0) is 11.8 Å². The fraction of sp³-hybridized carbons (Fsp3) is 0.160. The zero-order valence-corrected chi connectivity index (χ0v) is 31.5. The van der Waals surface area contributed by atoms with Gasteiger partial charge in [0, 0.05) is 52.6 Å². The lowest BCUT2D eigenvalue weighted by atomic mass is 9.79. The van der Waals surface area contributed by atoms with E-state index in [0.717, 1.165) is 67.3 Å². The number of nitrogens with zero attached hydrogens (tertiary/aromatic N) is 5. The maximum Gasteiger partial charge on any atom is 0.163 e. The van der Waals surface area contributed by atoms with Crippen molar-refractivity contribution in [3.63, 3.8) is 0 Å². The number of rotatable bonds is 7. The Balaban J connectivity index is 1.06. The van der Waals surface area contributed by atoms with Crippen molar-refractivity contribution in [3.8, 4) is 27.9 Å². The first-order valence-corrected chi connectivity index (χ1v) is 19.7. The van der Waals surface area contributed by atoms with E-state index in [4.69, 9.17) is 15.0 Å². The minimum Gasteiger partial charge on any atom is -0.387 e. The van der Waals surface area contributed by atoms with Crippen molar-refractivity contribution in [1.29, 1.82) is 0 Å². The van der Waals surface area contributed by atoms with Crippen LogP contribution in [0.3, 0.4) is 0 Å². The number of aliphatic imine (C=N–C) groups is 1. The van der Waals surface area contributed by atoms with Crippen molar-refractivity contribution in [2.24, 2.45) is 4.99 Å². The molecule has 0 radical (unpaired) electrons. The minimum atomic E-state index is -0.412. The van der Waals surface area contributed by atoms with E-state index >= 15 is 0 Å². The average Bonchev–Trinajstić information content (AvgIpc) is 3.62. The van der Waals surface area contributed by atoms with E-state index in [0.29, 0.717) is 5.82 Å². The van der Waals surface area contributed by atoms with E-state index in [1.54, 1.807) is 0 Å². The molecule has 0 bridgehead atoms. The summed E-state index contributed by atoms with van der Waals surface area (Å²) in [6, 6.07) is 35.5. The number of dihydropyridines is 2. The van der Waals surface area contributed by atoms with E-state index in [9.17, 15) is 0 Å². The number of fused-ring (bicyclic) bond motifs is 3. The molecule has 10 rings (SSSR count). The van der Waals surface area contributed by atoms with Crippen LogP contribution in [0.25, 0.3) is 61.6 Å². The standard InChI is InChI=1S/C50H42N6/c1-50(49-54-47(38-21-27-51-28-22-38)53-48(55-49)39-23-29-52-30-24-39)25-19-37(20-26-50)41-31-40(36-17-15-35(16-18-36)34-9-3-2-4-10-34)32-42(33-41)56-45-13-7-5-11-43(45)44-12-6-8-14-46(44)56/h2-5,7-11,13-23,25,27,29,31-33,51H,6,12,24,26,28,30H2,1H3. The number of aryl methyl sites for hydroxylation is 1. The molecule has 0 spiro atoms. The van der Waals surface area contributed by atoms with Crippen LogP contribution < -0.4 is 5.32 Å². The molecule has 2 aliphatic carbocycles. The van der Waals surface area contributed by atoms with Crippen LogP contribution in [0.2, 0.25) is 0 Å². The molecule has 4 aliphatic rings. The summed E-state index contributed by atoms with van der Waals surface area (Å²) in [4.78, 5) is 19.6. The minimum absolute atomic E-state index is 0.412. The first kappa shape index (κ1) is 33.9. The Hall–Kier alpha value is -6.66. The van der Waals surface area contributed by atoms with Gasteiger partial charge in [0.05, 0.1) is 5.52 Å². The second-order valence-corrected chi connectivity index (χ2v) is 15.2.